The molecule has 0 amide bonds. The summed E-state index contributed by atoms with van der Waals surface area (Å²) >= 11 is 0. The van der Waals surface area contributed by atoms with Gasteiger partial charge in [-0.05, 0) is 58.8 Å². The number of hydrogen-bond acceptors (Lipinski definition) is 4. The maximum absolute atomic E-state index is 9.54. The first-order chi connectivity index (χ1) is 17.7. The first-order valence-corrected chi connectivity index (χ1v) is 23.2. The van der Waals surface area contributed by atoms with Crippen LogP contribution in [0.25, 0.3) is 0 Å². The lowest BCUT2D eigenvalue weighted by atomic mass is 9.89. The standard InChI is InChI=1S/C31H68O4Si3/c1-15-36(16-2,17-3)34-30(24-33-38(25(7)8,26(9)10)27(11)12)29(14)31(28(13)22-21-23-32)35-37(18-4,19-5)20-6/h21-22,25-32H,15-20,23-24H2,1-14H3/b22-21+/t28-,29-,30+,31+/m1/s1. The zero-order chi connectivity index (χ0) is 29.7. The topological polar surface area (TPSA) is 47.9 Å². The van der Waals surface area contributed by atoms with Gasteiger partial charge in [-0.15, -0.1) is 0 Å². The molecular formula is C31H68O4Si3. The second-order valence-corrected chi connectivity index (χ2v) is 27.6. The minimum absolute atomic E-state index is 0.0110. The monoisotopic (exact) mass is 588 g/mol. The number of aliphatic hydroxyl groups is 1. The highest BCUT2D eigenvalue weighted by Crippen LogP contribution is 2.43. The molecule has 7 heteroatoms. The lowest BCUT2D eigenvalue weighted by Crippen LogP contribution is -2.54. The van der Waals surface area contributed by atoms with Crippen molar-refractivity contribution < 1.29 is 18.4 Å². The van der Waals surface area contributed by atoms with Crippen molar-refractivity contribution in [1.82, 2.24) is 0 Å². The first kappa shape index (κ1) is 38.2. The van der Waals surface area contributed by atoms with Crippen LogP contribution < -0.4 is 0 Å². The fraction of sp³-hybridized carbons (Fsp3) is 0.935. The van der Waals surface area contributed by atoms with Crippen molar-refractivity contribution in [2.24, 2.45) is 11.8 Å². The second-order valence-electron chi connectivity index (χ2n) is 12.7. The molecule has 0 aromatic carbocycles. The largest absolute Gasteiger partial charge is 0.413 e. The normalized spacial score (nSPS) is 17.1. The minimum atomic E-state index is -2.04. The summed E-state index contributed by atoms with van der Waals surface area (Å²) in [6.45, 7) is 33.4. The Labute approximate surface area is 242 Å². The average molecular weight is 589 g/mol. The van der Waals surface area contributed by atoms with Gasteiger partial charge in [0.2, 0.25) is 0 Å². The van der Waals surface area contributed by atoms with Gasteiger partial charge in [0.05, 0.1) is 25.4 Å². The molecule has 0 saturated carbocycles. The van der Waals surface area contributed by atoms with Crippen LogP contribution in [0.2, 0.25) is 52.9 Å². The highest BCUT2D eigenvalue weighted by molar-refractivity contribution is 6.77. The Morgan fingerprint density at radius 3 is 1.37 bits per heavy atom. The van der Waals surface area contributed by atoms with Gasteiger partial charge in [0.1, 0.15) is 0 Å². The Morgan fingerprint density at radius 1 is 0.632 bits per heavy atom. The molecule has 0 rings (SSSR count). The van der Waals surface area contributed by atoms with Crippen molar-refractivity contribution in [2.45, 2.75) is 162 Å². The van der Waals surface area contributed by atoms with Gasteiger partial charge in [-0.3, -0.25) is 0 Å². The quantitative estimate of drug-likeness (QED) is 0.107. The van der Waals surface area contributed by atoms with E-state index in [1.807, 2.05) is 6.08 Å². The summed E-state index contributed by atoms with van der Waals surface area (Å²) in [6, 6.07) is 6.78. The van der Waals surface area contributed by atoms with E-state index in [1.165, 1.54) is 0 Å². The number of aliphatic hydroxyl groups excluding tert-OH is 1. The molecule has 0 spiro atoms. The molecule has 0 fully saturated rings. The van der Waals surface area contributed by atoms with Crippen LogP contribution in [0.4, 0.5) is 0 Å². The van der Waals surface area contributed by atoms with Crippen molar-refractivity contribution >= 4 is 25.0 Å². The van der Waals surface area contributed by atoms with Crippen LogP contribution in [0.1, 0.15) is 96.9 Å². The maximum Gasteiger partial charge on any atom is 0.200 e. The van der Waals surface area contributed by atoms with Crippen molar-refractivity contribution in [3.8, 4) is 0 Å². The van der Waals surface area contributed by atoms with E-state index in [0.717, 1.165) is 36.3 Å². The van der Waals surface area contributed by atoms with Crippen LogP contribution in [-0.2, 0) is 13.3 Å². The average Bonchev–Trinajstić information content (AvgIpc) is 2.90. The van der Waals surface area contributed by atoms with E-state index in [9.17, 15) is 5.11 Å². The summed E-state index contributed by atoms with van der Waals surface area (Å²) in [5.41, 5.74) is 1.63. The molecule has 0 aromatic heterocycles. The highest BCUT2D eigenvalue weighted by atomic mass is 28.4. The van der Waals surface area contributed by atoms with E-state index in [4.69, 9.17) is 13.3 Å². The first-order valence-electron chi connectivity index (χ1n) is 16.0. The lowest BCUT2D eigenvalue weighted by Gasteiger charge is -2.46. The molecule has 38 heavy (non-hydrogen) atoms. The van der Waals surface area contributed by atoms with Gasteiger partial charge in [0.25, 0.3) is 0 Å². The van der Waals surface area contributed by atoms with E-state index in [0.29, 0.717) is 23.2 Å². The Bertz CT molecular complexity index is 607. The predicted molar refractivity (Wildman–Crippen MR) is 176 cm³/mol. The molecular weight excluding hydrogens is 521 g/mol. The molecule has 0 aliphatic rings. The van der Waals surface area contributed by atoms with Gasteiger partial charge in [-0.2, -0.15) is 0 Å². The number of rotatable bonds is 21. The lowest BCUT2D eigenvalue weighted by molar-refractivity contribution is -0.00496. The fourth-order valence-corrected chi connectivity index (χ4v) is 18.3. The van der Waals surface area contributed by atoms with Crippen molar-refractivity contribution in [3.63, 3.8) is 0 Å². The van der Waals surface area contributed by atoms with Gasteiger partial charge in [0.15, 0.2) is 25.0 Å². The fourth-order valence-electron chi connectivity index (χ4n) is 6.92. The van der Waals surface area contributed by atoms with Crippen LogP contribution in [0.15, 0.2) is 12.2 Å². The summed E-state index contributed by atoms with van der Waals surface area (Å²) in [6.07, 6.45) is 4.09. The molecule has 4 atom stereocenters. The van der Waals surface area contributed by atoms with Crippen molar-refractivity contribution in [1.29, 1.82) is 0 Å². The van der Waals surface area contributed by atoms with E-state index in [2.05, 4.69) is 103 Å². The van der Waals surface area contributed by atoms with E-state index in [1.54, 1.807) is 0 Å². The molecule has 0 radical (unpaired) electrons. The Hall–Kier alpha value is 0.231. The van der Waals surface area contributed by atoms with Crippen molar-refractivity contribution in [3.05, 3.63) is 12.2 Å². The molecule has 0 bridgehead atoms. The van der Waals surface area contributed by atoms with Crippen LogP contribution >= 0.6 is 0 Å². The summed E-state index contributed by atoms with van der Waals surface area (Å²) in [7, 11) is -5.77. The summed E-state index contributed by atoms with van der Waals surface area (Å²) in [5.74, 6) is 0.391. The third-order valence-electron chi connectivity index (χ3n) is 10.0. The Balaban J connectivity index is 6.69. The van der Waals surface area contributed by atoms with E-state index >= 15 is 0 Å². The van der Waals surface area contributed by atoms with Crippen LogP contribution in [-0.4, -0.2) is 55.5 Å². The summed E-state index contributed by atoms with van der Waals surface area (Å²) < 4.78 is 21.8. The minimum Gasteiger partial charge on any atom is -0.413 e. The third-order valence-corrected chi connectivity index (χ3v) is 25.4. The van der Waals surface area contributed by atoms with Gasteiger partial charge < -0.3 is 18.4 Å². The summed E-state index contributed by atoms with van der Waals surface area (Å²) in [4.78, 5) is 0. The van der Waals surface area contributed by atoms with Gasteiger partial charge in [-0.1, -0.05) is 109 Å². The SMILES string of the molecule is CC[Si](CC)(CC)O[C@H]([C@H](C)[C@H](CO[Si](C(C)C)(C(C)C)C(C)C)O[Si](CC)(CC)CC)[C@H](C)/C=C/CO. The van der Waals surface area contributed by atoms with Crippen LogP contribution in [0.3, 0.4) is 0 Å². The Morgan fingerprint density at radius 2 is 1.03 bits per heavy atom. The van der Waals surface area contributed by atoms with Crippen LogP contribution in [0, 0.1) is 11.8 Å². The molecule has 228 valence electrons. The molecule has 0 unspecified atom stereocenters. The summed E-state index contributed by atoms with van der Waals surface area (Å²) in [5, 5.41) is 9.54. The van der Waals surface area contributed by atoms with E-state index in [-0.39, 0.29) is 30.7 Å². The molecule has 4 nitrogen and oxygen atoms in total. The van der Waals surface area contributed by atoms with Crippen LogP contribution in [0.5, 0.6) is 0 Å². The molecule has 0 aromatic rings. The Kier molecular flexibility index (Phi) is 18.0. The second kappa shape index (κ2) is 17.9. The zero-order valence-corrected chi connectivity index (χ0v) is 31.0. The molecule has 1 N–H and O–H groups in total. The highest BCUT2D eigenvalue weighted by Gasteiger charge is 2.47. The predicted octanol–water partition coefficient (Wildman–Crippen LogP) is 9.78. The van der Waals surface area contributed by atoms with Crippen molar-refractivity contribution in [2.75, 3.05) is 13.2 Å². The van der Waals surface area contributed by atoms with Gasteiger partial charge in [-0.25, -0.2) is 0 Å². The van der Waals surface area contributed by atoms with E-state index < -0.39 is 25.0 Å². The molecule has 0 heterocycles. The molecule has 0 saturated heterocycles. The molecule has 0 aliphatic heterocycles. The molecule has 0 aliphatic carbocycles. The third kappa shape index (κ3) is 9.66. The number of hydrogen-bond donors (Lipinski definition) is 1. The maximum atomic E-state index is 9.54. The van der Waals surface area contributed by atoms with Gasteiger partial charge in [0, 0.05) is 5.92 Å². The smallest absolute Gasteiger partial charge is 0.200 e. The zero-order valence-electron chi connectivity index (χ0n) is 28.0. The van der Waals surface area contributed by atoms with Gasteiger partial charge >= 0.3 is 0 Å².